The van der Waals surface area contributed by atoms with Crippen molar-refractivity contribution in [1.29, 1.82) is 0 Å². The van der Waals surface area contributed by atoms with Crippen LogP contribution in [-0.2, 0) is 0 Å². The monoisotopic (exact) mass is 402 g/mol. The van der Waals surface area contributed by atoms with Gasteiger partial charge in [-0.1, -0.05) is 24.3 Å². The Morgan fingerprint density at radius 1 is 1.17 bits per heavy atom. The highest BCUT2D eigenvalue weighted by Gasteiger charge is 2.22. The molecule has 3 aromatic rings. The first kappa shape index (κ1) is 20.7. The van der Waals surface area contributed by atoms with Crippen LogP contribution < -0.4 is 5.32 Å². The van der Waals surface area contributed by atoms with E-state index in [-0.39, 0.29) is 0 Å². The fourth-order valence-corrected chi connectivity index (χ4v) is 4.12. The summed E-state index contributed by atoms with van der Waals surface area (Å²) in [5.74, 6) is 0. The smallest absolute Gasteiger partial charge is 0.0923 e. The third-order valence-electron chi connectivity index (χ3n) is 5.77. The second-order valence-electron chi connectivity index (χ2n) is 8.08. The number of aliphatic hydroxyl groups is 1. The van der Waals surface area contributed by atoms with E-state index in [4.69, 9.17) is 0 Å². The third-order valence-corrected chi connectivity index (χ3v) is 5.77. The fraction of sp³-hybridized carbons (Fsp3) is 0.360. The summed E-state index contributed by atoms with van der Waals surface area (Å²) in [6.07, 6.45) is 9.58. The lowest BCUT2D eigenvalue weighted by Gasteiger charge is -2.33. The van der Waals surface area contributed by atoms with Crippen molar-refractivity contribution in [2.45, 2.75) is 31.9 Å². The number of likely N-dealkylation sites (tertiary alicyclic amines) is 1. The number of hydrogen-bond acceptors (Lipinski definition) is 5. The molecule has 2 N–H and O–H groups in total. The molecule has 0 amide bonds. The number of hydrogen-bond donors (Lipinski definition) is 2. The average Bonchev–Trinajstić information content (AvgIpc) is 2.78. The minimum absolute atomic E-state index is 0.497. The summed E-state index contributed by atoms with van der Waals surface area (Å²) >= 11 is 0. The van der Waals surface area contributed by atoms with E-state index in [2.05, 4.69) is 38.4 Å². The maximum atomic E-state index is 10.9. The van der Waals surface area contributed by atoms with Crippen molar-refractivity contribution in [2.75, 3.05) is 26.2 Å². The Morgan fingerprint density at radius 2 is 2.03 bits per heavy atom. The summed E-state index contributed by atoms with van der Waals surface area (Å²) in [7, 11) is 0. The van der Waals surface area contributed by atoms with Gasteiger partial charge in [0.15, 0.2) is 0 Å². The fourth-order valence-electron chi connectivity index (χ4n) is 4.12. The number of rotatable bonds is 7. The first-order chi connectivity index (χ1) is 14.7. The van der Waals surface area contributed by atoms with Gasteiger partial charge in [0.1, 0.15) is 0 Å². The van der Waals surface area contributed by atoms with Gasteiger partial charge in [-0.15, -0.1) is 0 Å². The molecule has 0 bridgehead atoms. The number of piperidine rings is 1. The molecule has 3 heterocycles. The third kappa shape index (κ3) is 5.30. The van der Waals surface area contributed by atoms with Crippen molar-refractivity contribution < 1.29 is 5.11 Å². The van der Waals surface area contributed by atoms with Gasteiger partial charge in [0.2, 0.25) is 0 Å². The molecule has 5 heteroatoms. The Balaban J connectivity index is 1.26. The normalized spacial score (nSPS) is 17.0. The molecule has 30 heavy (non-hydrogen) atoms. The Labute approximate surface area is 178 Å². The van der Waals surface area contributed by atoms with Crippen LogP contribution in [0, 0.1) is 6.92 Å². The maximum absolute atomic E-state index is 10.9. The van der Waals surface area contributed by atoms with Crippen LogP contribution in [0.3, 0.4) is 0 Å². The van der Waals surface area contributed by atoms with Gasteiger partial charge in [0.05, 0.1) is 17.3 Å². The first-order valence-electron chi connectivity index (χ1n) is 10.8. The molecule has 0 saturated carbocycles. The Morgan fingerprint density at radius 3 is 2.83 bits per heavy atom. The number of fused-ring (bicyclic) bond motifs is 1. The van der Waals surface area contributed by atoms with Gasteiger partial charge in [-0.05, 0) is 74.3 Å². The lowest BCUT2D eigenvalue weighted by atomic mass is 10.00. The van der Waals surface area contributed by atoms with E-state index < -0.39 is 6.10 Å². The Kier molecular flexibility index (Phi) is 6.84. The van der Waals surface area contributed by atoms with Crippen LogP contribution in [0.15, 0.2) is 60.9 Å². The minimum Gasteiger partial charge on any atom is -0.387 e. The van der Waals surface area contributed by atoms with E-state index in [9.17, 15) is 5.11 Å². The molecule has 5 nitrogen and oxygen atoms in total. The molecular formula is C25H30N4O. The Hall–Kier alpha value is -2.60. The maximum Gasteiger partial charge on any atom is 0.0923 e. The summed E-state index contributed by atoms with van der Waals surface area (Å²) < 4.78 is 0. The van der Waals surface area contributed by atoms with Crippen molar-refractivity contribution in [3.8, 4) is 0 Å². The Bertz CT molecular complexity index is 981. The average molecular weight is 403 g/mol. The van der Waals surface area contributed by atoms with E-state index in [1.807, 2.05) is 55.7 Å². The van der Waals surface area contributed by atoms with Crippen LogP contribution in [0.25, 0.3) is 17.0 Å². The molecule has 0 aliphatic carbocycles. The van der Waals surface area contributed by atoms with Gasteiger partial charge in [0, 0.05) is 36.9 Å². The van der Waals surface area contributed by atoms with E-state index in [0.29, 0.717) is 12.6 Å². The van der Waals surface area contributed by atoms with Crippen LogP contribution in [0.5, 0.6) is 0 Å². The number of nitrogens with zero attached hydrogens (tertiary/aromatic N) is 3. The summed E-state index contributed by atoms with van der Waals surface area (Å²) in [5, 5.41) is 15.6. The van der Waals surface area contributed by atoms with Crippen LogP contribution in [0.4, 0.5) is 0 Å². The summed E-state index contributed by atoms with van der Waals surface area (Å²) in [5.41, 5.74) is 4.02. The number of aromatic nitrogens is 2. The second kappa shape index (κ2) is 9.94. The van der Waals surface area contributed by atoms with Crippen molar-refractivity contribution in [2.24, 2.45) is 0 Å². The molecule has 1 saturated heterocycles. The molecule has 4 rings (SSSR count). The van der Waals surface area contributed by atoms with Crippen LogP contribution in [0.1, 0.15) is 35.8 Å². The number of pyridine rings is 2. The van der Waals surface area contributed by atoms with Gasteiger partial charge in [0.25, 0.3) is 0 Å². The summed E-state index contributed by atoms with van der Waals surface area (Å²) in [6.45, 7) is 5.56. The standard InChI is InChI=1S/C25H30N4O/c1-19-16-23-22(8-4-9-24(23)28-17-19)25(30)18-29-14-10-21(11-15-29)27-13-5-7-20-6-2-3-12-26-20/h2-9,12,16-17,21,25,27,30H,10-11,13-15,18H2,1H3/b7-5+. The lowest BCUT2D eigenvalue weighted by Crippen LogP contribution is -2.43. The molecule has 0 radical (unpaired) electrons. The molecule has 2 aromatic heterocycles. The first-order valence-corrected chi connectivity index (χ1v) is 10.8. The van der Waals surface area contributed by atoms with Crippen LogP contribution in [0.2, 0.25) is 0 Å². The van der Waals surface area contributed by atoms with Crippen LogP contribution >= 0.6 is 0 Å². The summed E-state index contributed by atoms with van der Waals surface area (Å²) in [6, 6.07) is 14.6. The zero-order chi connectivity index (χ0) is 20.8. The number of β-amino-alcohol motifs (C(OH)–C–C–N with tert-alkyl or cyclic N) is 1. The van der Waals surface area contributed by atoms with Crippen LogP contribution in [-0.4, -0.2) is 52.2 Å². The van der Waals surface area contributed by atoms with Crippen molar-refractivity contribution in [3.63, 3.8) is 0 Å². The predicted molar refractivity (Wildman–Crippen MR) is 122 cm³/mol. The van der Waals surface area contributed by atoms with Gasteiger partial charge in [-0.2, -0.15) is 0 Å². The highest BCUT2D eigenvalue weighted by Crippen LogP contribution is 2.25. The van der Waals surface area contributed by atoms with E-state index >= 15 is 0 Å². The van der Waals surface area contributed by atoms with Gasteiger partial charge in [-0.3, -0.25) is 9.97 Å². The van der Waals surface area contributed by atoms with E-state index in [0.717, 1.165) is 60.2 Å². The molecule has 1 fully saturated rings. The largest absolute Gasteiger partial charge is 0.387 e. The number of benzene rings is 1. The van der Waals surface area contributed by atoms with Gasteiger partial charge < -0.3 is 15.3 Å². The molecule has 1 aromatic carbocycles. The predicted octanol–water partition coefficient (Wildman–Crippen LogP) is 3.74. The SMILES string of the molecule is Cc1cnc2cccc(C(O)CN3CCC(NC/C=C/c4ccccn4)CC3)c2c1. The van der Waals surface area contributed by atoms with E-state index in [1.165, 1.54) is 0 Å². The highest BCUT2D eigenvalue weighted by molar-refractivity contribution is 5.83. The van der Waals surface area contributed by atoms with Crippen molar-refractivity contribution in [1.82, 2.24) is 20.2 Å². The number of nitrogens with one attached hydrogen (secondary N) is 1. The molecule has 1 atom stereocenters. The molecular weight excluding hydrogens is 372 g/mol. The molecule has 1 unspecified atom stereocenters. The quantitative estimate of drug-likeness (QED) is 0.630. The van der Waals surface area contributed by atoms with Gasteiger partial charge >= 0.3 is 0 Å². The number of aliphatic hydroxyl groups excluding tert-OH is 1. The molecule has 156 valence electrons. The van der Waals surface area contributed by atoms with Crippen molar-refractivity contribution in [3.05, 3.63) is 77.8 Å². The zero-order valence-electron chi connectivity index (χ0n) is 17.5. The summed E-state index contributed by atoms with van der Waals surface area (Å²) in [4.78, 5) is 11.2. The number of aryl methyl sites for hydroxylation is 1. The highest BCUT2D eigenvalue weighted by atomic mass is 16.3. The topological polar surface area (TPSA) is 61.3 Å². The molecule has 1 aliphatic rings. The van der Waals surface area contributed by atoms with Gasteiger partial charge in [-0.25, -0.2) is 0 Å². The zero-order valence-corrected chi connectivity index (χ0v) is 17.5. The lowest BCUT2D eigenvalue weighted by molar-refractivity contribution is 0.0955. The van der Waals surface area contributed by atoms with Crippen molar-refractivity contribution >= 4 is 17.0 Å². The minimum atomic E-state index is -0.497. The molecule has 0 spiro atoms. The van der Waals surface area contributed by atoms with E-state index in [1.54, 1.807) is 0 Å². The second-order valence-corrected chi connectivity index (χ2v) is 8.08. The molecule has 1 aliphatic heterocycles.